The summed E-state index contributed by atoms with van der Waals surface area (Å²) in [6.07, 6.45) is 95.1. The Balaban J connectivity index is 4.24. The van der Waals surface area contributed by atoms with E-state index >= 15 is 0 Å². The van der Waals surface area contributed by atoms with E-state index in [1.54, 1.807) is 0 Å². The van der Waals surface area contributed by atoms with E-state index in [9.17, 15) is 14.4 Å². The topological polar surface area (TPSA) is 78.9 Å². The van der Waals surface area contributed by atoms with Crippen LogP contribution in [0.1, 0.15) is 316 Å². The Labute approximate surface area is 501 Å². The van der Waals surface area contributed by atoms with Crippen LogP contribution in [0, 0.1) is 0 Å². The van der Waals surface area contributed by atoms with Crippen molar-refractivity contribution >= 4 is 17.9 Å². The Hall–Kier alpha value is -4.19. The fourth-order valence-corrected chi connectivity index (χ4v) is 9.38. The van der Waals surface area contributed by atoms with Crippen molar-refractivity contribution in [1.29, 1.82) is 0 Å². The molecule has 0 bridgehead atoms. The molecule has 1 atom stereocenters. The van der Waals surface area contributed by atoms with Crippen molar-refractivity contribution in [3.8, 4) is 0 Å². The highest BCUT2D eigenvalue weighted by Crippen LogP contribution is 2.17. The van der Waals surface area contributed by atoms with Crippen LogP contribution < -0.4 is 0 Å². The fourth-order valence-electron chi connectivity index (χ4n) is 9.38. The van der Waals surface area contributed by atoms with Gasteiger partial charge in [-0.05, 0) is 122 Å². The molecule has 0 N–H and O–H groups in total. The van der Waals surface area contributed by atoms with Crippen molar-refractivity contribution in [2.24, 2.45) is 0 Å². The van der Waals surface area contributed by atoms with Crippen LogP contribution in [0.5, 0.6) is 0 Å². The summed E-state index contributed by atoms with van der Waals surface area (Å²) in [4.78, 5) is 38.3. The van der Waals surface area contributed by atoms with E-state index in [0.717, 1.165) is 128 Å². The molecule has 0 amide bonds. The Bertz CT molecular complexity index is 1670. The minimum Gasteiger partial charge on any atom is -0.462 e. The average Bonchev–Trinajstić information content (AvgIpc) is 3.47. The first-order valence-electron chi connectivity index (χ1n) is 34.0. The van der Waals surface area contributed by atoms with Crippen LogP contribution in [-0.2, 0) is 28.6 Å². The van der Waals surface area contributed by atoms with Gasteiger partial charge in [-0.15, -0.1) is 0 Å². The molecule has 0 fully saturated rings. The summed E-state index contributed by atoms with van der Waals surface area (Å²) in [6.45, 7) is 6.38. The lowest BCUT2D eigenvalue weighted by Gasteiger charge is -2.18. The second-order valence-corrected chi connectivity index (χ2v) is 22.3. The Kier molecular flexibility index (Phi) is 64.8. The number of carbonyl (C=O) groups excluding carboxylic acids is 3. The molecule has 1 unspecified atom stereocenters. The summed E-state index contributed by atoms with van der Waals surface area (Å²) in [6, 6.07) is 0. The highest BCUT2D eigenvalue weighted by molar-refractivity contribution is 5.71. The third-order valence-electron chi connectivity index (χ3n) is 14.4. The molecular weight excluding hydrogens is 997 g/mol. The molecule has 0 rings (SSSR count). The van der Waals surface area contributed by atoms with Crippen molar-refractivity contribution in [2.75, 3.05) is 13.2 Å². The van der Waals surface area contributed by atoms with Gasteiger partial charge in [-0.1, -0.05) is 296 Å². The number of allylic oxidation sites excluding steroid dienone is 20. The highest BCUT2D eigenvalue weighted by Gasteiger charge is 2.19. The summed E-state index contributed by atoms with van der Waals surface area (Å²) in [5, 5.41) is 0. The Morgan fingerprint density at radius 3 is 0.765 bits per heavy atom. The molecule has 0 aliphatic rings. The number of hydrogen-bond donors (Lipinski definition) is 0. The largest absolute Gasteiger partial charge is 0.462 e. The maximum absolute atomic E-state index is 12.9. The molecule has 81 heavy (non-hydrogen) atoms. The lowest BCUT2D eigenvalue weighted by Crippen LogP contribution is -2.30. The van der Waals surface area contributed by atoms with E-state index in [4.69, 9.17) is 14.2 Å². The summed E-state index contributed by atoms with van der Waals surface area (Å²) in [5.74, 6) is -0.898. The van der Waals surface area contributed by atoms with Crippen LogP contribution in [0.15, 0.2) is 122 Å². The van der Waals surface area contributed by atoms with Crippen LogP contribution in [0.2, 0.25) is 0 Å². The minimum absolute atomic E-state index is 0.0852. The molecule has 0 saturated carbocycles. The van der Waals surface area contributed by atoms with Crippen LogP contribution in [0.25, 0.3) is 0 Å². The van der Waals surface area contributed by atoms with Gasteiger partial charge < -0.3 is 14.2 Å². The molecule has 0 heterocycles. The summed E-state index contributed by atoms with van der Waals surface area (Å²) < 4.78 is 16.9. The van der Waals surface area contributed by atoms with E-state index in [1.165, 1.54) is 148 Å². The van der Waals surface area contributed by atoms with Crippen molar-refractivity contribution in [3.63, 3.8) is 0 Å². The molecule has 0 aromatic heterocycles. The number of rotatable bonds is 61. The Morgan fingerprint density at radius 1 is 0.259 bits per heavy atom. The number of esters is 3. The van der Waals surface area contributed by atoms with Gasteiger partial charge in [-0.3, -0.25) is 14.4 Å². The molecule has 6 nitrogen and oxygen atoms in total. The fraction of sp³-hybridized carbons (Fsp3) is 0.693. The average molecular weight is 1120 g/mol. The third-order valence-corrected chi connectivity index (χ3v) is 14.4. The van der Waals surface area contributed by atoms with Gasteiger partial charge in [0, 0.05) is 19.3 Å². The van der Waals surface area contributed by atoms with Crippen LogP contribution in [0.3, 0.4) is 0 Å². The molecule has 0 aliphatic carbocycles. The first-order chi connectivity index (χ1) is 40.0. The molecule has 0 aliphatic heterocycles. The molecule has 0 radical (unpaired) electrons. The lowest BCUT2D eigenvalue weighted by atomic mass is 10.0. The van der Waals surface area contributed by atoms with Gasteiger partial charge in [0.2, 0.25) is 0 Å². The SMILES string of the molecule is CC/C=C\C/C=C\C/C=C\C/C=C\C/C=C\CCCCCCCCCC(=O)OC(COC(=O)CCCCCCC/C=C\CCCC)COC(=O)CCCCCCCCCCCCCCCCCC/C=C\C/C=C\C/C=C\C/C=C\CC. The van der Waals surface area contributed by atoms with Crippen LogP contribution in [-0.4, -0.2) is 37.2 Å². The smallest absolute Gasteiger partial charge is 0.306 e. The van der Waals surface area contributed by atoms with Gasteiger partial charge in [-0.25, -0.2) is 0 Å². The normalized spacial score (nSPS) is 12.9. The quantitative estimate of drug-likeness (QED) is 0.0261. The zero-order valence-corrected chi connectivity index (χ0v) is 53.0. The van der Waals surface area contributed by atoms with Gasteiger partial charge >= 0.3 is 17.9 Å². The van der Waals surface area contributed by atoms with Crippen LogP contribution in [0.4, 0.5) is 0 Å². The van der Waals surface area contributed by atoms with Crippen molar-refractivity contribution in [2.45, 2.75) is 322 Å². The van der Waals surface area contributed by atoms with E-state index in [-0.39, 0.29) is 31.1 Å². The van der Waals surface area contributed by atoms with Gasteiger partial charge in [0.05, 0.1) is 0 Å². The van der Waals surface area contributed by atoms with E-state index < -0.39 is 6.10 Å². The van der Waals surface area contributed by atoms with E-state index in [2.05, 4.69) is 142 Å². The van der Waals surface area contributed by atoms with Crippen molar-refractivity contribution in [3.05, 3.63) is 122 Å². The van der Waals surface area contributed by atoms with E-state index in [1.807, 2.05) is 0 Å². The maximum Gasteiger partial charge on any atom is 0.306 e. The number of carbonyl (C=O) groups is 3. The van der Waals surface area contributed by atoms with E-state index in [0.29, 0.717) is 19.3 Å². The molecule has 0 spiro atoms. The van der Waals surface area contributed by atoms with Gasteiger partial charge in [0.25, 0.3) is 0 Å². The highest BCUT2D eigenvalue weighted by atomic mass is 16.6. The van der Waals surface area contributed by atoms with Crippen molar-refractivity contribution < 1.29 is 28.6 Å². The number of ether oxygens (including phenoxy) is 3. The lowest BCUT2D eigenvalue weighted by molar-refractivity contribution is -0.167. The summed E-state index contributed by atoms with van der Waals surface area (Å²) >= 11 is 0. The molecule has 462 valence electrons. The number of unbranched alkanes of at least 4 members (excludes halogenated alkanes) is 30. The van der Waals surface area contributed by atoms with Gasteiger partial charge in [0.15, 0.2) is 6.10 Å². The third kappa shape index (κ3) is 66.5. The van der Waals surface area contributed by atoms with Gasteiger partial charge in [-0.2, -0.15) is 0 Å². The summed E-state index contributed by atoms with van der Waals surface area (Å²) in [5.41, 5.74) is 0. The monoisotopic (exact) mass is 1120 g/mol. The molecule has 0 aromatic carbocycles. The Morgan fingerprint density at radius 2 is 0.481 bits per heavy atom. The van der Waals surface area contributed by atoms with Crippen molar-refractivity contribution in [1.82, 2.24) is 0 Å². The zero-order valence-electron chi connectivity index (χ0n) is 53.0. The first kappa shape index (κ1) is 76.8. The molecule has 0 aromatic rings. The standard InChI is InChI=1S/C75H126O6/c1-4-7-10-13-16-19-22-24-26-28-30-32-34-35-36-37-38-39-41-42-44-46-48-50-53-56-59-62-65-68-74(77)80-71-72(70-79-73(76)67-64-61-58-55-52-21-18-15-12-9-6-3)81-75(78)69-66-63-60-57-54-51-49-47-45-43-40-33-31-29-27-25-23-20-17-14-11-8-5-2/h7-8,10-11,15-20,24-27,30-33,43,45,72H,4-6,9,12-14,21-23,28-29,34-42,44,46-71H2,1-3H3/b10-7-,11-8-,18-15-,19-16-,20-17-,26-24-,27-25-,32-30-,33-31-,45-43-. The zero-order chi connectivity index (χ0) is 58.5. The summed E-state index contributed by atoms with van der Waals surface area (Å²) in [7, 11) is 0. The molecule has 6 heteroatoms. The number of hydrogen-bond acceptors (Lipinski definition) is 6. The second-order valence-electron chi connectivity index (χ2n) is 22.3. The molecular formula is C75H126O6. The predicted octanol–water partition coefficient (Wildman–Crippen LogP) is 23.6. The predicted molar refractivity (Wildman–Crippen MR) is 353 cm³/mol. The van der Waals surface area contributed by atoms with Crippen LogP contribution >= 0.6 is 0 Å². The first-order valence-corrected chi connectivity index (χ1v) is 34.0. The van der Waals surface area contributed by atoms with Gasteiger partial charge in [0.1, 0.15) is 13.2 Å². The minimum atomic E-state index is -0.790. The maximum atomic E-state index is 12.9. The molecule has 0 saturated heterocycles. The second kappa shape index (κ2) is 68.3.